The average Bonchev–Trinajstić information content (AvgIpc) is 2.77. The summed E-state index contributed by atoms with van der Waals surface area (Å²) in [7, 11) is -1.45. The second-order valence-corrected chi connectivity index (χ2v) is 11.7. The Bertz CT molecular complexity index is 425. The number of hydrogen-bond donors (Lipinski definition) is 0. The molecule has 3 aliphatic carbocycles. The molecule has 1 fully saturated rings. The first kappa shape index (κ1) is 10.5. The van der Waals surface area contributed by atoms with Crippen molar-refractivity contribution in [3.05, 3.63) is 22.9 Å². The zero-order valence-corrected chi connectivity index (χ0v) is 11.6. The summed E-state index contributed by atoms with van der Waals surface area (Å²) in [6.07, 6.45) is 5.89. The Hall–Kier alpha value is -0.633. The fraction of sp³-hybridized carbons (Fsp3) is 0.643. The molecule has 0 unspecified atom stereocenters. The second kappa shape index (κ2) is 2.98. The van der Waals surface area contributed by atoms with Crippen LogP contribution in [0.5, 0.6) is 0 Å². The van der Waals surface area contributed by atoms with Gasteiger partial charge in [-0.15, -0.1) is 0 Å². The summed E-state index contributed by atoms with van der Waals surface area (Å²) in [5.74, 6) is 2.65. The summed E-state index contributed by atoms with van der Waals surface area (Å²) in [6.45, 7) is 9.14. The van der Waals surface area contributed by atoms with E-state index in [-0.39, 0.29) is 0 Å². The normalized spacial score (nSPS) is 41.1. The van der Waals surface area contributed by atoms with E-state index in [0.717, 1.165) is 0 Å². The van der Waals surface area contributed by atoms with Gasteiger partial charge in [0.05, 0.1) is 8.07 Å². The summed E-state index contributed by atoms with van der Waals surface area (Å²) in [4.78, 5) is 12.6. The van der Waals surface area contributed by atoms with Crippen LogP contribution in [0.3, 0.4) is 0 Å². The van der Waals surface area contributed by atoms with Crippen LogP contribution in [0.25, 0.3) is 0 Å². The first-order chi connectivity index (χ1) is 7.41. The van der Waals surface area contributed by atoms with Crippen LogP contribution in [0.2, 0.25) is 19.6 Å². The predicted molar refractivity (Wildman–Crippen MR) is 68.8 cm³/mol. The fourth-order valence-electron chi connectivity index (χ4n) is 4.26. The lowest BCUT2D eigenvalue weighted by atomic mass is 9.82. The van der Waals surface area contributed by atoms with Crippen molar-refractivity contribution < 1.29 is 4.79 Å². The Morgan fingerprint density at radius 2 is 1.69 bits per heavy atom. The summed E-state index contributed by atoms with van der Waals surface area (Å²) in [6, 6.07) is 0. The standard InChI is InChI=1S/C14H20OSi/c1-8-11-9-5-6-10(7-9)12(11)13(15)14(8)16(2,3)4/h5-6,9-12H,7H2,1-4H3/t9-,10+,11+,12-/m0/s1. The van der Waals surface area contributed by atoms with E-state index in [9.17, 15) is 4.79 Å². The molecule has 1 nitrogen and oxygen atoms in total. The van der Waals surface area contributed by atoms with Crippen molar-refractivity contribution in [1.82, 2.24) is 0 Å². The molecular weight excluding hydrogens is 212 g/mol. The zero-order valence-electron chi connectivity index (χ0n) is 10.6. The van der Waals surface area contributed by atoms with Crippen LogP contribution in [0.4, 0.5) is 0 Å². The maximum atomic E-state index is 12.6. The van der Waals surface area contributed by atoms with Gasteiger partial charge in [-0.3, -0.25) is 4.79 Å². The highest BCUT2D eigenvalue weighted by atomic mass is 28.3. The molecule has 3 rings (SSSR count). The van der Waals surface area contributed by atoms with Crippen molar-refractivity contribution in [1.29, 1.82) is 0 Å². The zero-order chi connectivity index (χ0) is 11.7. The SMILES string of the molecule is CC1=C([Si](C)(C)C)C(=O)[C@@H]2[C@H]1[C@H]1C=C[C@@H]2C1. The maximum Gasteiger partial charge on any atom is 0.159 e. The van der Waals surface area contributed by atoms with Gasteiger partial charge in [-0.1, -0.05) is 37.4 Å². The van der Waals surface area contributed by atoms with Crippen molar-refractivity contribution in [3.8, 4) is 0 Å². The molecule has 0 aromatic carbocycles. The highest BCUT2D eigenvalue weighted by molar-refractivity contribution is 6.87. The van der Waals surface area contributed by atoms with Gasteiger partial charge in [-0.05, 0) is 36.3 Å². The Labute approximate surface area is 98.6 Å². The number of hydrogen-bond acceptors (Lipinski definition) is 1. The molecule has 16 heavy (non-hydrogen) atoms. The first-order valence-corrected chi connectivity index (χ1v) is 9.85. The number of carbonyl (C=O) groups is 1. The van der Waals surface area contributed by atoms with Crippen LogP contribution < -0.4 is 0 Å². The summed E-state index contributed by atoms with van der Waals surface area (Å²) >= 11 is 0. The number of fused-ring (bicyclic) bond motifs is 5. The topological polar surface area (TPSA) is 17.1 Å². The molecular formula is C14H20OSi. The van der Waals surface area contributed by atoms with Gasteiger partial charge in [0, 0.05) is 5.92 Å². The number of allylic oxidation sites excluding steroid dienone is 4. The van der Waals surface area contributed by atoms with E-state index in [1.165, 1.54) is 17.2 Å². The first-order valence-electron chi connectivity index (χ1n) is 6.35. The van der Waals surface area contributed by atoms with Crippen molar-refractivity contribution in [2.75, 3.05) is 0 Å². The lowest BCUT2D eigenvalue weighted by Gasteiger charge is -2.20. The summed E-state index contributed by atoms with van der Waals surface area (Å²) in [5, 5.41) is 1.26. The van der Waals surface area contributed by atoms with Crippen LogP contribution in [0, 0.1) is 23.7 Å². The van der Waals surface area contributed by atoms with E-state index in [1.807, 2.05) is 0 Å². The van der Waals surface area contributed by atoms with E-state index in [4.69, 9.17) is 0 Å². The molecule has 0 amide bonds. The molecule has 1 saturated carbocycles. The number of ketones is 1. The molecule has 3 aliphatic rings. The minimum Gasteiger partial charge on any atom is -0.295 e. The molecule has 0 saturated heterocycles. The predicted octanol–water partition coefficient (Wildman–Crippen LogP) is 3.20. The van der Waals surface area contributed by atoms with Gasteiger partial charge in [-0.25, -0.2) is 0 Å². The van der Waals surface area contributed by atoms with Crippen LogP contribution in [0.1, 0.15) is 13.3 Å². The number of rotatable bonds is 1. The molecule has 0 aromatic heterocycles. The molecule has 0 radical (unpaired) electrons. The minimum absolute atomic E-state index is 0.330. The van der Waals surface area contributed by atoms with E-state index >= 15 is 0 Å². The van der Waals surface area contributed by atoms with Crippen LogP contribution >= 0.6 is 0 Å². The monoisotopic (exact) mass is 232 g/mol. The lowest BCUT2D eigenvalue weighted by Crippen LogP contribution is -2.31. The lowest BCUT2D eigenvalue weighted by molar-refractivity contribution is -0.119. The molecule has 0 aromatic rings. The van der Waals surface area contributed by atoms with Crippen molar-refractivity contribution in [2.45, 2.75) is 33.0 Å². The van der Waals surface area contributed by atoms with Gasteiger partial charge in [0.1, 0.15) is 0 Å². The Balaban J connectivity index is 2.08. The molecule has 0 heterocycles. The van der Waals surface area contributed by atoms with Gasteiger partial charge < -0.3 is 0 Å². The summed E-state index contributed by atoms with van der Waals surface area (Å²) in [5.41, 5.74) is 1.45. The maximum absolute atomic E-state index is 12.6. The average molecular weight is 232 g/mol. The van der Waals surface area contributed by atoms with E-state index in [2.05, 4.69) is 38.7 Å². The van der Waals surface area contributed by atoms with Crippen LogP contribution in [-0.2, 0) is 4.79 Å². The smallest absolute Gasteiger partial charge is 0.159 e. The largest absolute Gasteiger partial charge is 0.295 e. The summed E-state index contributed by atoms with van der Waals surface area (Å²) < 4.78 is 0. The van der Waals surface area contributed by atoms with Crippen molar-refractivity contribution in [2.24, 2.45) is 23.7 Å². The molecule has 0 spiro atoms. The highest BCUT2D eigenvalue weighted by Crippen LogP contribution is 2.56. The molecule has 2 heteroatoms. The van der Waals surface area contributed by atoms with E-state index in [1.54, 1.807) is 0 Å². The minimum atomic E-state index is -1.45. The Kier molecular flexibility index (Phi) is 1.96. The highest BCUT2D eigenvalue weighted by Gasteiger charge is 2.55. The molecule has 4 atom stereocenters. The van der Waals surface area contributed by atoms with Crippen LogP contribution in [0.15, 0.2) is 22.9 Å². The van der Waals surface area contributed by atoms with Gasteiger partial charge >= 0.3 is 0 Å². The molecule has 2 bridgehead atoms. The van der Waals surface area contributed by atoms with Crippen molar-refractivity contribution in [3.63, 3.8) is 0 Å². The third kappa shape index (κ3) is 1.14. The van der Waals surface area contributed by atoms with E-state index < -0.39 is 8.07 Å². The second-order valence-electron chi connectivity index (χ2n) is 6.67. The van der Waals surface area contributed by atoms with Gasteiger partial charge in [0.25, 0.3) is 0 Å². The van der Waals surface area contributed by atoms with Gasteiger partial charge in [-0.2, -0.15) is 0 Å². The number of Topliss-reactive ketones (excluding diaryl/α,β-unsaturated/α-hetero) is 1. The third-order valence-corrected chi connectivity index (χ3v) is 6.79. The van der Waals surface area contributed by atoms with Gasteiger partial charge in [0.2, 0.25) is 0 Å². The Morgan fingerprint density at radius 1 is 1.12 bits per heavy atom. The van der Waals surface area contributed by atoms with Crippen LogP contribution in [-0.4, -0.2) is 13.9 Å². The third-order valence-electron chi connectivity index (χ3n) is 4.65. The quantitative estimate of drug-likeness (QED) is 0.501. The molecule has 86 valence electrons. The molecule has 0 aliphatic heterocycles. The van der Waals surface area contributed by atoms with E-state index in [0.29, 0.717) is 29.5 Å². The van der Waals surface area contributed by atoms with Crippen molar-refractivity contribution >= 4 is 13.9 Å². The number of carbonyl (C=O) groups excluding carboxylic acids is 1. The fourth-order valence-corrected chi connectivity index (χ4v) is 6.51. The molecule has 0 N–H and O–H groups in total. The Morgan fingerprint density at radius 3 is 2.19 bits per heavy atom. The van der Waals surface area contributed by atoms with Gasteiger partial charge in [0.15, 0.2) is 5.78 Å².